The second kappa shape index (κ2) is 10.1. The van der Waals surface area contributed by atoms with E-state index in [1.807, 2.05) is 0 Å². The molecular formula is C16H21BrN4O4. The van der Waals surface area contributed by atoms with E-state index in [0.717, 1.165) is 43.7 Å². The average Bonchev–Trinajstić information content (AvgIpc) is 2.62. The van der Waals surface area contributed by atoms with Crippen molar-refractivity contribution in [3.63, 3.8) is 0 Å². The van der Waals surface area contributed by atoms with E-state index in [1.165, 1.54) is 12.3 Å². The Labute approximate surface area is 154 Å². The number of nitrogens with zero attached hydrogens (tertiary/aromatic N) is 2. The smallest absolute Gasteiger partial charge is 0.329 e. The molecule has 0 atom stereocenters. The van der Waals surface area contributed by atoms with E-state index in [1.54, 1.807) is 12.1 Å². The number of rotatable bonds is 6. The Hall–Kier alpha value is -1.97. The summed E-state index contributed by atoms with van der Waals surface area (Å²) in [6.07, 6.45) is 2.03. The van der Waals surface area contributed by atoms with Crippen molar-refractivity contribution < 1.29 is 19.4 Å². The molecule has 25 heavy (non-hydrogen) atoms. The second-order valence-electron chi connectivity index (χ2n) is 5.47. The molecule has 0 aliphatic carbocycles. The first kappa shape index (κ1) is 19.4. The van der Waals surface area contributed by atoms with Crippen molar-refractivity contribution in [1.29, 1.82) is 0 Å². The molecule has 1 heterocycles. The van der Waals surface area contributed by atoms with Crippen LogP contribution < -0.4 is 10.7 Å². The molecule has 8 nitrogen and oxygen atoms in total. The van der Waals surface area contributed by atoms with Gasteiger partial charge in [-0.2, -0.15) is 5.10 Å². The lowest BCUT2D eigenvalue weighted by Gasteiger charge is -2.26. The molecule has 9 heteroatoms. The van der Waals surface area contributed by atoms with Crippen molar-refractivity contribution in [3.8, 4) is 5.75 Å². The predicted molar refractivity (Wildman–Crippen MR) is 96.4 cm³/mol. The summed E-state index contributed by atoms with van der Waals surface area (Å²) in [5, 5.41) is 15.9. The van der Waals surface area contributed by atoms with Crippen LogP contribution in [-0.2, 0) is 14.3 Å². The summed E-state index contributed by atoms with van der Waals surface area (Å²) in [5.41, 5.74) is 2.55. The molecule has 3 N–H and O–H groups in total. The number of phenolic OH excluding ortho intramolecular Hbond substituents is 1. The van der Waals surface area contributed by atoms with Gasteiger partial charge in [0.15, 0.2) is 0 Å². The van der Waals surface area contributed by atoms with Crippen LogP contribution in [0.5, 0.6) is 5.75 Å². The molecule has 1 aromatic carbocycles. The molecule has 1 saturated heterocycles. The summed E-state index contributed by atoms with van der Waals surface area (Å²) in [4.78, 5) is 25.6. The molecule has 0 saturated carbocycles. The molecule has 2 rings (SSSR count). The Morgan fingerprint density at radius 1 is 1.32 bits per heavy atom. The first-order chi connectivity index (χ1) is 12.1. The molecule has 2 amide bonds. The maximum Gasteiger partial charge on any atom is 0.329 e. The maximum absolute atomic E-state index is 11.7. The monoisotopic (exact) mass is 412 g/mol. The minimum atomic E-state index is -0.850. The van der Waals surface area contributed by atoms with Crippen molar-refractivity contribution >= 4 is 34.0 Å². The van der Waals surface area contributed by atoms with Crippen molar-refractivity contribution in [3.05, 3.63) is 28.2 Å². The second-order valence-corrected chi connectivity index (χ2v) is 6.38. The third kappa shape index (κ3) is 6.81. The highest BCUT2D eigenvalue weighted by Gasteiger charge is 2.13. The Morgan fingerprint density at radius 3 is 2.84 bits per heavy atom. The molecule has 1 aromatic rings. The highest BCUT2D eigenvalue weighted by molar-refractivity contribution is 9.10. The van der Waals surface area contributed by atoms with Gasteiger partial charge in [0.25, 0.3) is 0 Å². The van der Waals surface area contributed by atoms with Gasteiger partial charge in [0.05, 0.1) is 19.4 Å². The number of ether oxygens (including phenoxy) is 1. The third-order valence-corrected chi connectivity index (χ3v) is 4.10. The topological polar surface area (TPSA) is 103 Å². The number of benzene rings is 1. The first-order valence-electron chi connectivity index (χ1n) is 7.96. The van der Waals surface area contributed by atoms with Crippen molar-refractivity contribution in [1.82, 2.24) is 15.6 Å². The van der Waals surface area contributed by atoms with E-state index >= 15 is 0 Å². The number of hydrogen-bond acceptors (Lipinski definition) is 6. The quantitative estimate of drug-likeness (QED) is 0.272. The molecule has 0 radical (unpaired) electrons. The predicted octanol–water partition coefficient (Wildman–Crippen LogP) is 0.443. The average molecular weight is 413 g/mol. The molecule has 0 unspecified atom stereocenters. The largest absolute Gasteiger partial charge is 0.507 e. The number of amides is 2. The van der Waals surface area contributed by atoms with Crippen LogP contribution in [0.25, 0.3) is 0 Å². The maximum atomic E-state index is 11.7. The lowest BCUT2D eigenvalue weighted by Crippen LogP contribution is -2.40. The number of carbonyl (C=O) groups excluding carboxylic acids is 2. The highest BCUT2D eigenvalue weighted by Crippen LogP contribution is 2.19. The first-order valence-corrected chi connectivity index (χ1v) is 8.75. The molecule has 136 valence electrons. The van der Waals surface area contributed by atoms with Crippen LogP contribution in [0, 0.1) is 0 Å². The number of morpholine rings is 1. The minimum absolute atomic E-state index is 0.0220. The summed E-state index contributed by atoms with van der Waals surface area (Å²) in [6.45, 7) is 4.53. The zero-order valence-corrected chi connectivity index (χ0v) is 15.3. The third-order valence-electron chi connectivity index (χ3n) is 3.61. The molecular weight excluding hydrogens is 392 g/mol. The fraction of sp³-hybridized carbons (Fsp3) is 0.438. The fourth-order valence-electron chi connectivity index (χ4n) is 2.25. The zero-order valence-electron chi connectivity index (χ0n) is 13.7. The number of halogens is 1. The minimum Gasteiger partial charge on any atom is -0.507 e. The summed E-state index contributed by atoms with van der Waals surface area (Å²) >= 11 is 3.27. The summed E-state index contributed by atoms with van der Waals surface area (Å²) < 4.78 is 6.02. The molecule has 0 spiro atoms. The van der Waals surface area contributed by atoms with Crippen LogP contribution in [0.1, 0.15) is 12.0 Å². The van der Waals surface area contributed by atoms with Crippen LogP contribution in [-0.4, -0.2) is 67.4 Å². The van der Waals surface area contributed by atoms with Gasteiger partial charge in [0.2, 0.25) is 0 Å². The van der Waals surface area contributed by atoms with Crippen LogP contribution >= 0.6 is 15.9 Å². The van der Waals surface area contributed by atoms with Gasteiger partial charge in [-0.05, 0) is 31.2 Å². The number of hydrazone groups is 1. The van der Waals surface area contributed by atoms with Gasteiger partial charge in [0, 0.05) is 29.7 Å². The van der Waals surface area contributed by atoms with E-state index < -0.39 is 11.8 Å². The van der Waals surface area contributed by atoms with Gasteiger partial charge < -0.3 is 15.2 Å². The van der Waals surface area contributed by atoms with Gasteiger partial charge >= 0.3 is 11.8 Å². The van der Waals surface area contributed by atoms with Crippen molar-refractivity contribution in [2.24, 2.45) is 5.10 Å². The molecule has 1 fully saturated rings. The van der Waals surface area contributed by atoms with Crippen LogP contribution in [0.2, 0.25) is 0 Å². The van der Waals surface area contributed by atoms with E-state index in [0.29, 0.717) is 12.1 Å². The SMILES string of the molecule is O=C(NCCCN1CCOCC1)C(=O)N/N=C\c1cc(Br)ccc1O. The normalized spacial score (nSPS) is 15.2. The number of hydrogen-bond donors (Lipinski definition) is 3. The lowest BCUT2D eigenvalue weighted by atomic mass is 10.2. The molecule has 1 aliphatic heterocycles. The Kier molecular flexibility index (Phi) is 7.83. The highest BCUT2D eigenvalue weighted by atomic mass is 79.9. The van der Waals surface area contributed by atoms with Gasteiger partial charge in [-0.15, -0.1) is 0 Å². The lowest BCUT2D eigenvalue weighted by molar-refractivity contribution is -0.139. The van der Waals surface area contributed by atoms with Crippen LogP contribution in [0.3, 0.4) is 0 Å². The van der Waals surface area contributed by atoms with Crippen LogP contribution in [0.4, 0.5) is 0 Å². The van der Waals surface area contributed by atoms with E-state index in [-0.39, 0.29) is 5.75 Å². The fourth-order valence-corrected chi connectivity index (χ4v) is 2.63. The summed E-state index contributed by atoms with van der Waals surface area (Å²) in [7, 11) is 0. The Bertz CT molecular complexity index is 633. The van der Waals surface area contributed by atoms with Crippen molar-refractivity contribution in [2.45, 2.75) is 6.42 Å². The van der Waals surface area contributed by atoms with E-state index in [2.05, 4.69) is 36.7 Å². The van der Waals surface area contributed by atoms with Gasteiger partial charge in [-0.1, -0.05) is 15.9 Å². The molecule has 1 aliphatic rings. The molecule has 0 aromatic heterocycles. The van der Waals surface area contributed by atoms with Crippen LogP contribution in [0.15, 0.2) is 27.8 Å². The zero-order chi connectivity index (χ0) is 18.1. The van der Waals surface area contributed by atoms with E-state index in [9.17, 15) is 14.7 Å². The molecule has 0 bridgehead atoms. The number of aromatic hydroxyl groups is 1. The standard InChI is InChI=1S/C16H21BrN4O4/c17-13-2-3-14(22)12(10-13)11-19-20-16(24)15(23)18-4-1-5-21-6-8-25-9-7-21/h2-3,10-11,22H,1,4-9H2,(H,18,23)(H,20,24)/b19-11-. The van der Waals surface area contributed by atoms with E-state index in [4.69, 9.17) is 4.74 Å². The summed E-state index contributed by atoms with van der Waals surface area (Å²) in [5.74, 6) is -1.57. The Morgan fingerprint density at radius 2 is 2.08 bits per heavy atom. The van der Waals surface area contributed by atoms with Gasteiger partial charge in [0.1, 0.15) is 5.75 Å². The van der Waals surface area contributed by atoms with Gasteiger partial charge in [-0.3, -0.25) is 14.5 Å². The summed E-state index contributed by atoms with van der Waals surface area (Å²) in [6, 6.07) is 4.81. The number of nitrogens with one attached hydrogen (secondary N) is 2. The number of carbonyl (C=O) groups is 2. The van der Waals surface area contributed by atoms with Crippen molar-refractivity contribution in [2.75, 3.05) is 39.4 Å². The Balaban J connectivity index is 1.66. The van der Waals surface area contributed by atoms with Gasteiger partial charge in [-0.25, -0.2) is 5.43 Å². The number of phenols is 1.